The number of carbonyl (C=O) groups excluding carboxylic acids is 1. The van der Waals surface area contributed by atoms with Gasteiger partial charge < -0.3 is 0 Å². The zero-order chi connectivity index (χ0) is 7.11. The number of rotatable bonds is 4. The third kappa shape index (κ3) is 6.02. The largest absolute Gasteiger partial charge is 0.297 e. The summed E-state index contributed by atoms with van der Waals surface area (Å²) in [5.74, 6) is 0. The highest BCUT2D eigenvalue weighted by Gasteiger charge is 1.84. The van der Waals surface area contributed by atoms with Crippen molar-refractivity contribution >= 4 is 28.9 Å². The van der Waals surface area contributed by atoms with Gasteiger partial charge in [-0.15, -0.1) is 0 Å². The van der Waals surface area contributed by atoms with E-state index in [1.54, 1.807) is 0 Å². The molecular weight excluding hydrogens is 227 g/mol. The number of unbranched alkanes of at least 4 members (excludes halogenated alkanes) is 2. The number of aldehydes is 1. The number of allylic oxidation sites excluding steroid dienone is 2. The molecule has 0 aliphatic rings. The van der Waals surface area contributed by atoms with Crippen molar-refractivity contribution in [2.45, 2.75) is 26.2 Å². The molecule has 0 amide bonds. The van der Waals surface area contributed by atoms with Gasteiger partial charge in [0.25, 0.3) is 0 Å². The van der Waals surface area contributed by atoms with Gasteiger partial charge in [-0.05, 0) is 29.0 Å². The van der Waals surface area contributed by atoms with Gasteiger partial charge in [-0.25, -0.2) is 0 Å². The molecule has 9 heavy (non-hydrogen) atoms. The standard InChI is InChI=1S/C7H11IO/c1-2-3-4-5-7(8)6-9/h5-6H,2-4H2,1H3/b7-5+. The summed E-state index contributed by atoms with van der Waals surface area (Å²) >= 11 is 2.04. The van der Waals surface area contributed by atoms with Gasteiger partial charge in [0.05, 0.1) is 0 Å². The maximum Gasteiger partial charge on any atom is 0.155 e. The lowest BCUT2D eigenvalue weighted by atomic mass is 10.2. The monoisotopic (exact) mass is 238 g/mol. The normalized spacial score (nSPS) is 11.6. The van der Waals surface area contributed by atoms with Crippen molar-refractivity contribution in [3.05, 3.63) is 9.66 Å². The van der Waals surface area contributed by atoms with Crippen molar-refractivity contribution in [3.63, 3.8) is 0 Å². The molecule has 0 saturated carbocycles. The van der Waals surface area contributed by atoms with Crippen LogP contribution in [0.3, 0.4) is 0 Å². The van der Waals surface area contributed by atoms with E-state index in [9.17, 15) is 4.79 Å². The first kappa shape index (κ1) is 9.14. The van der Waals surface area contributed by atoms with Crippen LogP contribution < -0.4 is 0 Å². The summed E-state index contributed by atoms with van der Waals surface area (Å²) in [7, 11) is 0. The van der Waals surface area contributed by atoms with Crippen molar-refractivity contribution in [2.24, 2.45) is 0 Å². The third-order valence-electron chi connectivity index (χ3n) is 1.01. The van der Waals surface area contributed by atoms with Gasteiger partial charge in [-0.3, -0.25) is 4.79 Å². The van der Waals surface area contributed by atoms with E-state index in [0.29, 0.717) is 0 Å². The van der Waals surface area contributed by atoms with Crippen molar-refractivity contribution in [3.8, 4) is 0 Å². The molecular formula is C7H11IO. The van der Waals surface area contributed by atoms with Crippen molar-refractivity contribution in [1.29, 1.82) is 0 Å². The summed E-state index contributed by atoms with van der Waals surface area (Å²) in [4.78, 5) is 10.0. The molecule has 0 saturated heterocycles. The van der Waals surface area contributed by atoms with Gasteiger partial charge in [0.2, 0.25) is 0 Å². The molecule has 0 aromatic rings. The molecule has 0 bridgehead atoms. The molecule has 0 aromatic carbocycles. The predicted octanol–water partition coefficient (Wildman–Crippen LogP) is 2.69. The predicted molar refractivity (Wildman–Crippen MR) is 47.7 cm³/mol. The Kier molecular flexibility index (Phi) is 6.36. The van der Waals surface area contributed by atoms with E-state index in [0.717, 1.165) is 16.3 Å². The molecule has 0 aliphatic heterocycles. The SMILES string of the molecule is CCCC/C=C(/I)C=O. The maximum atomic E-state index is 10.0. The Hall–Kier alpha value is 0.140. The minimum absolute atomic E-state index is 0.820. The summed E-state index contributed by atoms with van der Waals surface area (Å²) in [6.07, 6.45) is 6.26. The summed E-state index contributed by atoms with van der Waals surface area (Å²) in [5, 5.41) is 0. The van der Waals surface area contributed by atoms with E-state index in [-0.39, 0.29) is 0 Å². The molecule has 2 heteroatoms. The average molecular weight is 238 g/mol. The van der Waals surface area contributed by atoms with Crippen molar-refractivity contribution < 1.29 is 4.79 Å². The lowest BCUT2D eigenvalue weighted by molar-refractivity contribution is -0.104. The lowest BCUT2D eigenvalue weighted by Crippen LogP contribution is -1.72. The van der Waals surface area contributed by atoms with Crippen LogP contribution in [-0.4, -0.2) is 6.29 Å². The van der Waals surface area contributed by atoms with Crippen LogP contribution >= 0.6 is 22.6 Å². The molecule has 0 fully saturated rings. The number of hydrogen-bond acceptors (Lipinski definition) is 1. The fourth-order valence-electron chi connectivity index (χ4n) is 0.492. The van der Waals surface area contributed by atoms with Gasteiger partial charge in [0, 0.05) is 3.58 Å². The van der Waals surface area contributed by atoms with Crippen LogP contribution in [-0.2, 0) is 4.79 Å². The summed E-state index contributed by atoms with van der Waals surface area (Å²) in [6, 6.07) is 0. The van der Waals surface area contributed by atoms with Crippen LogP contribution in [0.5, 0.6) is 0 Å². The summed E-state index contributed by atoms with van der Waals surface area (Å²) < 4.78 is 0.820. The highest BCUT2D eigenvalue weighted by atomic mass is 127. The summed E-state index contributed by atoms with van der Waals surface area (Å²) in [6.45, 7) is 2.14. The molecule has 0 N–H and O–H groups in total. The third-order valence-corrected chi connectivity index (χ3v) is 1.70. The Labute approximate surface area is 69.7 Å². The van der Waals surface area contributed by atoms with Gasteiger partial charge in [-0.2, -0.15) is 0 Å². The molecule has 0 aliphatic carbocycles. The highest BCUT2D eigenvalue weighted by Crippen LogP contribution is 2.05. The second-order valence-electron chi connectivity index (χ2n) is 1.85. The van der Waals surface area contributed by atoms with Crippen LogP contribution in [0.25, 0.3) is 0 Å². The van der Waals surface area contributed by atoms with E-state index < -0.39 is 0 Å². The zero-order valence-corrected chi connectivity index (χ0v) is 7.72. The van der Waals surface area contributed by atoms with E-state index in [1.165, 1.54) is 12.8 Å². The molecule has 0 atom stereocenters. The fourth-order valence-corrected chi connectivity index (χ4v) is 0.804. The number of hydrogen-bond donors (Lipinski definition) is 0. The second-order valence-corrected chi connectivity index (χ2v) is 3.09. The molecule has 0 spiro atoms. The quantitative estimate of drug-likeness (QED) is 0.318. The topological polar surface area (TPSA) is 17.1 Å². The molecule has 0 rings (SSSR count). The van der Waals surface area contributed by atoms with Gasteiger partial charge in [-0.1, -0.05) is 25.8 Å². The van der Waals surface area contributed by atoms with Crippen LogP contribution in [0.15, 0.2) is 9.66 Å². The molecule has 0 radical (unpaired) electrons. The molecule has 52 valence electrons. The smallest absolute Gasteiger partial charge is 0.155 e. The van der Waals surface area contributed by atoms with Crippen LogP contribution in [0.4, 0.5) is 0 Å². The van der Waals surface area contributed by atoms with E-state index in [4.69, 9.17) is 0 Å². The fraction of sp³-hybridized carbons (Fsp3) is 0.571. The summed E-state index contributed by atoms with van der Waals surface area (Å²) in [5.41, 5.74) is 0. The Morgan fingerprint density at radius 1 is 1.67 bits per heavy atom. The first-order chi connectivity index (χ1) is 4.31. The highest BCUT2D eigenvalue weighted by molar-refractivity contribution is 14.1. The van der Waals surface area contributed by atoms with Crippen LogP contribution in [0.2, 0.25) is 0 Å². The first-order valence-corrected chi connectivity index (χ1v) is 4.20. The minimum Gasteiger partial charge on any atom is -0.297 e. The lowest BCUT2D eigenvalue weighted by Gasteiger charge is -1.87. The molecule has 1 nitrogen and oxygen atoms in total. The molecule has 0 unspecified atom stereocenters. The zero-order valence-electron chi connectivity index (χ0n) is 5.56. The average Bonchev–Trinajstić information content (AvgIpc) is 1.89. The van der Waals surface area contributed by atoms with Gasteiger partial charge >= 0.3 is 0 Å². The van der Waals surface area contributed by atoms with Gasteiger partial charge in [0.1, 0.15) is 0 Å². The minimum atomic E-state index is 0.820. The van der Waals surface area contributed by atoms with E-state index in [1.807, 2.05) is 28.7 Å². The van der Waals surface area contributed by atoms with E-state index >= 15 is 0 Å². The van der Waals surface area contributed by atoms with Crippen LogP contribution in [0, 0.1) is 0 Å². The van der Waals surface area contributed by atoms with E-state index in [2.05, 4.69) is 6.92 Å². The Balaban J connectivity index is 3.31. The first-order valence-electron chi connectivity index (χ1n) is 3.12. The number of halogens is 1. The Morgan fingerprint density at radius 2 is 2.33 bits per heavy atom. The molecule has 0 heterocycles. The van der Waals surface area contributed by atoms with Gasteiger partial charge in [0.15, 0.2) is 6.29 Å². The number of carbonyl (C=O) groups is 1. The Morgan fingerprint density at radius 3 is 2.78 bits per heavy atom. The van der Waals surface area contributed by atoms with Crippen molar-refractivity contribution in [2.75, 3.05) is 0 Å². The molecule has 0 aromatic heterocycles. The maximum absolute atomic E-state index is 10.0. The Bertz CT molecular complexity index is 107. The second kappa shape index (κ2) is 6.26. The van der Waals surface area contributed by atoms with Crippen molar-refractivity contribution in [1.82, 2.24) is 0 Å². The van der Waals surface area contributed by atoms with Crippen LogP contribution in [0.1, 0.15) is 26.2 Å².